The van der Waals surface area contributed by atoms with Gasteiger partial charge >= 0.3 is 0 Å². The van der Waals surface area contributed by atoms with Crippen LogP contribution in [0.4, 0.5) is 17.1 Å². The molecule has 2 heterocycles. The first-order valence-corrected chi connectivity index (χ1v) is 9.67. The molecule has 0 unspecified atom stereocenters. The molecule has 7 nitrogen and oxygen atoms in total. The van der Waals surface area contributed by atoms with Gasteiger partial charge in [0.05, 0.1) is 21.1 Å². The zero-order chi connectivity index (χ0) is 18.5. The molecule has 0 saturated heterocycles. The molecule has 0 radical (unpaired) electrons. The minimum Gasteiger partial charge on any atom is -0.354 e. The first kappa shape index (κ1) is 16.5. The second-order valence-corrected chi connectivity index (χ2v) is 8.32. The molecule has 0 fully saturated rings. The van der Waals surface area contributed by atoms with E-state index in [4.69, 9.17) is 0 Å². The van der Waals surface area contributed by atoms with E-state index < -0.39 is 14.8 Å². The molecule has 4 rings (SSSR count). The number of nitrogens with one attached hydrogen (secondary N) is 1. The van der Waals surface area contributed by atoms with E-state index in [1.54, 1.807) is 30.5 Å². The maximum absolute atomic E-state index is 12.2. The van der Waals surface area contributed by atoms with Crippen molar-refractivity contribution in [3.63, 3.8) is 0 Å². The summed E-state index contributed by atoms with van der Waals surface area (Å²) in [6, 6.07) is 9.67. The maximum atomic E-state index is 12.2. The van der Waals surface area contributed by atoms with Crippen molar-refractivity contribution in [2.24, 2.45) is 0 Å². The molecule has 0 bridgehead atoms. The number of pyridine rings is 1. The molecule has 1 N–H and O–H groups in total. The first-order chi connectivity index (χ1) is 12.4. The second kappa shape index (κ2) is 5.77. The largest absolute Gasteiger partial charge is 0.354 e. The number of nitro groups is 1. The Bertz CT molecular complexity index is 1170. The minimum absolute atomic E-state index is 0.00994. The van der Waals surface area contributed by atoms with Gasteiger partial charge in [0.15, 0.2) is 9.84 Å². The van der Waals surface area contributed by atoms with Crippen LogP contribution >= 0.6 is 0 Å². The smallest absolute Gasteiger partial charge is 0.271 e. The fourth-order valence-corrected chi connectivity index (χ4v) is 4.84. The summed E-state index contributed by atoms with van der Waals surface area (Å²) in [5.41, 5.74) is 3.57. The predicted octanol–water partition coefficient (Wildman–Crippen LogP) is 3.52. The van der Waals surface area contributed by atoms with Gasteiger partial charge < -0.3 is 5.32 Å². The van der Waals surface area contributed by atoms with Crippen molar-refractivity contribution in [3.8, 4) is 0 Å². The van der Waals surface area contributed by atoms with Crippen LogP contribution in [0.2, 0.25) is 0 Å². The Balaban J connectivity index is 1.90. The van der Waals surface area contributed by atoms with Crippen LogP contribution < -0.4 is 5.32 Å². The van der Waals surface area contributed by atoms with Crippen LogP contribution in [0.15, 0.2) is 47.5 Å². The van der Waals surface area contributed by atoms with Crippen molar-refractivity contribution >= 4 is 37.8 Å². The summed E-state index contributed by atoms with van der Waals surface area (Å²) in [4.78, 5) is 15.3. The molecule has 3 aromatic rings. The van der Waals surface area contributed by atoms with Gasteiger partial charge in [-0.05, 0) is 42.7 Å². The van der Waals surface area contributed by atoms with E-state index in [0.717, 1.165) is 16.5 Å². The zero-order valence-corrected chi connectivity index (χ0v) is 14.7. The number of sulfone groups is 1. The number of nitro benzene ring substituents is 1. The Morgan fingerprint density at radius 1 is 1.15 bits per heavy atom. The van der Waals surface area contributed by atoms with Crippen LogP contribution in [0.3, 0.4) is 0 Å². The summed E-state index contributed by atoms with van der Waals surface area (Å²) >= 11 is 0. The number of aryl methyl sites for hydroxylation is 2. The van der Waals surface area contributed by atoms with E-state index in [1.807, 2.05) is 6.92 Å². The molecular formula is C18H15N3O4S. The highest BCUT2D eigenvalue weighted by atomic mass is 32.2. The summed E-state index contributed by atoms with van der Waals surface area (Å²) in [5, 5.41) is 15.0. The molecule has 1 aromatic heterocycles. The van der Waals surface area contributed by atoms with Crippen molar-refractivity contribution in [3.05, 3.63) is 63.8 Å². The fraction of sp³-hybridized carbons (Fsp3) is 0.167. The molecule has 0 saturated carbocycles. The summed E-state index contributed by atoms with van der Waals surface area (Å²) in [5.74, 6) is 0.0889. The van der Waals surface area contributed by atoms with E-state index in [-0.39, 0.29) is 11.4 Å². The molecule has 0 amide bonds. The van der Waals surface area contributed by atoms with E-state index >= 15 is 0 Å². The van der Waals surface area contributed by atoms with Crippen molar-refractivity contribution < 1.29 is 13.3 Å². The lowest BCUT2D eigenvalue weighted by Crippen LogP contribution is -1.99. The van der Waals surface area contributed by atoms with Crippen molar-refractivity contribution in [1.82, 2.24) is 4.98 Å². The highest BCUT2D eigenvalue weighted by molar-refractivity contribution is 7.91. The lowest BCUT2D eigenvalue weighted by molar-refractivity contribution is -0.384. The zero-order valence-electron chi connectivity index (χ0n) is 13.9. The molecule has 0 spiro atoms. The van der Waals surface area contributed by atoms with E-state index in [1.165, 1.54) is 12.1 Å². The molecule has 8 heteroatoms. The summed E-state index contributed by atoms with van der Waals surface area (Å²) in [7, 11) is -3.26. The van der Waals surface area contributed by atoms with Gasteiger partial charge in [0.2, 0.25) is 0 Å². The number of anilines is 2. The Labute approximate surface area is 149 Å². The van der Waals surface area contributed by atoms with Gasteiger partial charge in [-0.3, -0.25) is 15.1 Å². The number of benzene rings is 2. The van der Waals surface area contributed by atoms with Gasteiger partial charge in [0, 0.05) is 35.1 Å². The normalized spacial score (nSPS) is 15.0. The molecule has 132 valence electrons. The SMILES string of the molecule is Cc1ccc([N+](=O)[O-])cc1Nc1ccnc2ccc3c(c12)CCS3(=O)=O. The summed E-state index contributed by atoms with van der Waals surface area (Å²) in [6.45, 7) is 1.85. The van der Waals surface area contributed by atoms with E-state index in [2.05, 4.69) is 10.3 Å². The standard InChI is InChI=1S/C18H15N3O4S/c1-11-2-3-12(21(22)23)10-16(11)20-15-6-8-19-14-4-5-17-13(18(14)15)7-9-26(17,24)25/h2-6,8,10H,7,9H2,1H3,(H,19,20). The Kier molecular flexibility index (Phi) is 3.66. The van der Waals surface area contributed by atoms with E-state index in [0.29, 0.717) is 28.2 Å². The average molecular weight is 369 g/mol. The van der Waals surface area contributed by atoms with Crippen LogP contribution in [0.1, 0.15) is 11.1 Å². The van der Waals surface area contributed by atoms with Crippen LogP contribution in [0.25, 0.3) is 10.9 Å². The lowest BCUT2D eigenvalue weighted by atomic mass is 10.0. The Morgan fingerprint density at radius 2 is 1.96 bits per heavy atom. The molecule has 2 aromatic carbocycles. The quantitative estimate of drug-likeness (QED) is 0.560. The monoisotopic (exact) mass is 369 g/mol. The first-order valence-electron chi connectivity index (χ1n) is 8.02. The average Bonchev–Trinajstić information content (AvgIpc) is 2.92. The molecule has 0 atom stereocenters. The second-order valence-electron chi connectivity index (χ2n) is 6.25. The molecule has 1 aliphatic rings. The Hall–Kier alpha value is -3.00. The van der Waals surface area contributed by atoms with Gasteiger partial charge in [-0.25, -0.2) is 8.42 Å². The minimum atomic E-state index is -3.26. The van der Waals surface area contributed by atoms with Crippen LogP contribution in [0.5, 0.6) is 0 Å². The molecule has 1 aliphatic heterocycles. The molecule has 0 aliphatic carbocycles. The summed E-state index contributed by atoms with van der Waals surface area (Å²) in [6.07, 6.45) is 2.07. The topological polar surface area (TPSA) is 102 Å². The number of nitrogens with zero attached hydrogens (tertiary/aromatic N) is 2. The third-order valence-corrected chi connectivity index (χ3v) is 6.42. The van der Waals surface area contributed by atoms with Crippen molar-refractivity contribution in [2.75, 3.05) is 11.1 Å². The predicted molar refractivity (Wildman–Crippen MR) is 98.6 cm³/mol. The highest BCUT2D eigenvalue weighted by Gasteiger charge is 2.28. The third kappa shape index (κ3) is 2.59. The van der Waals surface area contributed by atoms with Crippen molar-refractivity contribution in [2.45, 2.75) is 18.2 Å². The molecular weight excluding hydrogens is 354 g/mol. The maximum Gasteiger partial charge on any atom is 0.271 e. The number of non-ortho nitro benzene ring substituents is 1. The van der Waals surface area contributed by atoms with Gasteiger partial charge in [-0.2, -0.15) is 0 Å². The van der Waals surface area contributed by atoms with Crippen LogP contribution in [0, 0.1) is 17.0 Å². The highest BCUT2D eigenvalue weighted by Crippen LogP contribution is 2.37. The fourth-order valence-electron chi connectivity index (χ4n) is 3.29. The third-order valence-electron chi connectivity index (χ3n) is 4.63. The van der Waals surface area contributed by atoms with Gasteiger partial charge in [-0.15, -0.1) is 0 Å². The van der Waals surface area contributed by atoms with Gasteiger partial charge in [-0.1, -0.05) is 6.07 Å². The van der Waals surface area contributed by atoms with E-state index in [9.17, 15) is 18.5 Å². The number of fused-ring (bicyclic) bond motifs is 3. The number of aromatic nitrogens is 1. The lowest BCUT2D eigenvalue weighted by Gasteiger charge is -2.14. The van der Waals surface area contributed by atoms with Gasteiger partial charge in [0.25, 0.3) is 5.69 Å². The van der Waals surface area contributed by atoms with Crippen LogP contribution in [-0.2, 0) is 16.3 Å². The number of hydrogen-bond donors (Lipinski definition) is 1. The van der Waals surface area contributed by atoms with Crippen molar-refractivity contribution in [1.29, 1.82) is 0 Å². The number of rotatable bonds is 3. The molecule has 26 heavy (non-hydrogen) atoms. The summed E-state index contributed by atoms with van der Waals surface area (Å²) < 4.78 is 24.4. The Morgan fingerprint density at radius 3 is 2.73 bits per heavy atom. The number of hydrogen-bond acceptors (Lipinski definition) is 6. The van der Waals surface area contributed by atoms with Crippen LogP contribution in [-0.4, -0.2) is 24.1 Å². The van der Waals surface area contributed by atoms with Gasteiger partial charge in [0.1, 0.15) is 0 Å².